The van der Waals surface area contributed by atoms with E-state index in [0.717, 1.165) is 31.4 Å². The molecule has 1 aliphatic heterocycles. The summed E-state index contributed by atoms with van der Waals surface area (Å²) in [7, 11) is 0. The molecule has 0 amide bonds. The van der Waals surface area contributed by atoms with E-state index in [-0.39, 0.29) is 0 Å². The molecule has 0 bridgehead atoms. The van der Waals surface area contributed by atoms with Crippen molar-refractivity contribution in [2.45, 2.75) is 26.3 Å². The first-order valence-electron chi connectivity index (χ1n) is 7.65. The quantitative estimate of drug-likeness (QED) is 0.792. The SMILES string of the molecule is CCn1c(Cc2cccc3c2CCN3)nc2ccccc21. The Morgan fingerprint density at radius 1 is 1.14 bits per heavy atom. The number of para-hydroxylation sites is 2. The number of aromatic nitrogens is 2. The fourth-order valence-corrected chi connectivity index (χ4v) is 3.37. The zero-order valence-electron chi connectivity index (χ0n) is 12.3. The highest BCUT2D eigenvalue weighted by Crippen LogP contribution is 2.28. The highest BCUT2D eigenvalue weighted by atomic mass is 15.1. The van der Waals surface area contributed by atoms with Crippen LogP contribution >= 0.6 is 0 Å². The summed E-state index contributed by atoms with van der Waals surface area (Å²) in [5.41, 5.74) is 6.50. The monoisotopic (exact) mass is 277 g/mol. The van der Waals surface area contributed by atoms with Crippen LogP contribution in [0.1, 0.15) is 23.9 Å². The second-order valence-corrected chi connectivity index (χ2v) is 5.56. The van der Waals surface area contributed by atoms with Gasteiger partial charge in [-0.25, -0.2) is 4.98 Å². The first-order valence-corrected chi connectivity index (χ1v) is 7.65. The van der Waals surface area contributed by atoms with Gasteiger partial charge in [-0.1, -0.05) is 24.3 Å². The molecule has 0 aliphatic carbocycles. The van der Waals surface area contributed by atoms with Crippen molar-refractivity contribution in [3.8, 4) is 0 Å². The van der Waals surface area contributed by atoms with Crippen molar-refractivity contribution >= 4 is 16.7 Å². The lowest BCUT2D eigenvalue weighted by atomic mass is 10.0. The van der Waals surface area contributed by atoms with Crippen molar-refractivity contribution < 1.29 is 0 Å². The summed E-state index contributed by atoms with van der Waals surface area (Å²) in [5, 5.41) is 3.45. The van der Waals surface area contributed by atoms with Crippen molar-refractivity contribution in [1.29, 1.82) is 0 Å². The normalized spacial score (nSPS) is 13.4. The van der Waals surface area contributed by atoms with Crippen LogP contribution in [-0.4, -0.2) is 16.1 Å². The Morgan fingerprint density at radius 3 is 2.95 bits per heavy atom. The van der Waals surface area contributed by atoms with E-state index in [1.54, 1.807) is 0 Å². The first-order chi connectivity index (χ1) is 10.4. The largest absolute Gasteiger partial charge is 0.384 e. The average molecular weight is 277 g/mol. The predicted molar refractivity (Wildman–Crippen MR) is 86.8 cm³/mol. The van der Waals surface area contributed by atoms with Gasteiger partial charge in [0.05, 0.1) is 11.0 Å². The van der Waals surface area contributed by atoms with Crippen LogP contribution in [0.2, 0.25) is 0 Å². The van der Waals surface area contributed by atoms with Gasteiger partial charge < -0.3 is 9.88 Å². The van der Waals surface area contributed by atoms with Crippen LogP contribution in [0.4, 0.5) is 5.69 Å². The topological polar surface area (TPSA) is 29.9 Å². The summed E-state index contributed by atoms with van der Waals surface area (Å²) in [6.45, 7) is 4.20. The number of hydrogen-bond donors (Lipinski definition) is 1. The van der Waals surface area contributed by atoms with Gasteiger partial charge in [-0.2, -0.15) is 0 Å². The van der Waals surface area contributed by atoms with Crippen molar-refractivity contribution in [2.24, 2.45) is 0 Å². The molecule has 0 spiro atoms. The van der Waals surface area contributed by atoms with Crippen LogP contribution in [0, 0.1) is 0 Å². The summed E-state index contributed by atoms with van der Waals surface area (Å²) in [5.74, 6) is 1.17. The molecule has 4 rings (SSSR count). The number of imidazole rings is 1. The highest BCUT2D eigenvalue weighted by molar-refractivity contribution is 5.76. The zero-order chi connectivity index (χ0) is 14.2. The Balaban J connectivity index is 1.80. The van der Waals surface area contributed by atoms with E-state index in [9.17, 15) is 0 Å². The van der Waals surface area contributed by atoms with Gasteiger partial charge in [0.1, 0.15) is 5.82 Å². The molecule has 0 fully saturated rings. The summed E-state index contributed by atoms with van der Waals surface area (Å²) in [4.78, 5) is 4.85. The molecule has 3 heteroatoms. The zero-order valence-corrected chi connectivity index (χ0v) is 12.3. The van der Waals surface area contributed by atoms with Crippen LogP contribution in [0.5, 0.6) is 0 Å². The second-order valence-electron chi connectivity index (χ2n) is 5.56. The lowest BCUT2D eigenvalue weighted by Gasteiger charge is -2.09. The number of hydrogen-bond acceptors (Lipinski definition) is 2. The summed E-state index contributed by atoms with van der Waals surface area (Å²) in [6, 6.07) is 15.0. The third-order valence-corrected chi connectivity index (χ3v) is 4.36. The van der Waals surface area contributed by atoms with Gasteiger partial charge in [0.25, 0.3) is 0 Å². The molecule has 0 atom stereocenters. The standard InChI is InChI=1S/C18H19N3/c1-2-21-17-9-4-3-7-16(17)20-18(21)12-13-6-5-8-15-14(13)10-11-19-15/h3-9,19H,2,10-12H2,1H3. The van der Waals surface area contributed by atoms with Gasteiger partial charge in [0, 0.05) is 25.2 Å². The predicted octanol–water partition coefficient (Wildman–Crippen LogP) is 3.62. The van der Waals surface area contributed by atoms with E-state index in [4.69, 9.17) is 4.98 Å². The maximum absolute atomic E-state index is 4.85. The summed E-state index contributed by atoms with van der Waals surface area (Å²) >= 11 is 0. The van der Waals surface area contributed by atoms with Gasteiger partial charge >= 0.3 is 0 Å². The van der Waals surface area contributed by atoms with Crippen LogP contribution in [-0.2, 0) is 19.4 Å². The molecule has 0 unspecified atom stereocenters. The Morgan fingerprint density at radius 2 is 2.05 bits per heavy atom. The molecular weight excluding hydrogens is 258 g/mol. The molecule has 21 heavy (non-hydrogen) atoms. The lowest BCUT2D eigenvalue weighted by molar-refractivity contribution is 0.732. The van der Waals surface area contributed by atoms with Gasteiger partial charge in [-0.3, -0.25) is 0 Å². The van der Waals surface area contributed by atoms with Crippen molar-refractivity contribution in [2.75, 3.05) is 11.9 Å². The third-order valence-electron chi connectivity index (χ3n) is 4.36. The first kappa shape index (κ1) is 12.5. The number of aryl methyl sites for hydroxylation is 1. The maximum atomic E-state index is 4.85. The minimum absolute atomic E-state index is 0.910. The van der Waals surface area contributed by atoms with E-state index in [1.165, 1.54) is 28.2 Å². The van der Waals surface area contributed by atoms with E-state index < -0.39 is 0 Å². The molecule has 2 heterocycles. The van der Waals surface area contributed by atoms with E-state index in [2.05, 4.69) is 59.3 Å². The fraction of sp³-hybridized carbons (Fsp3) is 0.278. The molecule has 3 nitrogen and oxygen atoms in total. The van der Waals surface area contributed by atoms with Crippen LogP contribution < -0.4 is 5.32 Å². The maximum Gasteiger partial charge on any atom is 0.114 e. The van der Waals surface area contributed by atoms with Crippen LogP contribution in [0.3, 0.4) is 0 Å². The molecule has 3 aromatic rings. The number of rotatable bonds is 3. The summed E-state index contributed by atoms with van der Waals surface area (Å²) in [6.07, 6.45) is 2.03. The van der Waals surface area contributed by atoms with Gasteiger partial charge in [0.15, 0.2) is 0 Å². The Kier molecular flexibility index (Phi) is 2.92. The molecule has 1 N–H and O–H groups in total. The number of fused-ring (bicyclic) bond motifs is 2. The molecular formula is C18H19N3. The molecule has 0 radical (unpaired) electrons. The van der Waals surface area contributed by atoms with Gasteiger partial charge in [-0.15, -0.1) is 0 Å². The van der Waals surface area contributed by atoms with E-state index in [1.807, 2.05) is 0 Å². The van der Waals surface area contributed by atoms with Crippen molar-refractivity contribution in [1.82, 2.24) is 9.55 Å². The highest BCUT2D eigenvalue weighted by Gasteiger charge is 2.16. The van der Waals surface area contributed by atoms with Gasteiger partial charge in [-0.05, 0) is 42.7 Å². The van der Waals surface area contributed by atoms with Gasteiger partial charge in [0.2, 0.25) is 0 Å². The second kappa shape index (κ2) is 4.92. The minimum Gasteiger partial charge on any atom is -0.384 e. The van der Waals surface area contributed by atoms with E-state index >= 15 is 0 Å². The Hall–Kier alpha value is -2.29. The summed E-state index contributed by atoms with van der Waals surface area (Å²) < 4.78 is 2.33. The van der Waals surface area contributed by atoms with Crippen molar-refractivity contribution in [3.63, 3.8) is 0 Å². The third kappa shape index (κ3) is 2.00. The molecule has 2 aromatic carbocycles. The van der Waals surface area contributed by atoms with Crippen LogP contribution in [0.25, 0.3) is 11.0 Å². The molecule has 0 saturated carbocycles. The number of benzene rings is 2. The lowest BCUT2D eigenvalue weighted by Crippen LogP contribution is -2.04. The Labute approximate surface area is 124 Å². The minimum atomic E-state index is 0.910. The molecule has 1 aromatic heterocycles. The average Bonchev–Trinajstić information content (AvgIpc) is 3.11. The number of nitrogens with zero attached hydrogens (tertiary/aromatic N) is 2. The molecule has 106 valence electrons. The van der Waals surface area contributed by atoms with Crippen LogP contribution in [0.15, 0.2) is 42.5 Å². The number of anilines is 1. The van der Waals surface area contributed by atoms with E-state index in [0.29, 0.717) is 0 Å². The molecule has 1 aliphatic rings. The molecule has 0 saturated heterocycles. The van der Waals surface area contributed by atoms with Crippen molar-refractivity contribution in [3.05, 3.63) is 59.4 Å². The fourth-order valence-electron chi connectivity index (χ4n) is 3.37. The number of nitrogens with one attached hydrogen (secondary N) is 1. The smallest absolute Gasteiger partial charge is 0.114 e. The Bertz CT molecular complexity index is 801.